The molecular formula is C28H27FN2O3. The largest absolute Gasteiger partial charge is 0.483 e. The van der Waals surface area contributed by atoms with Crippen molar-refractivity contribution < 1.29 is 18.7 Å². The highest BCUT2D eigenvalue weighted by Gasteiger charge is 2.33. The first-order chi connectivity index (χ1) is 16.4. The van der Waals surface area contributed by atoms with Gasteiger partial charge >= 0.3 is 0 Å². The van der Waals surface area contributed by atoms with E-state index in [1.54, 1.807) is 11.0 Å². The fraction of sp³-hybridized carbons (Fsp3) is 0.286. The molecule has 174 valence electrons. The molecule has 34 heavy (non-hydrogen) atoms. The van der Waals surface area contributed by atoms with Gasteiger partial charge in [0.05, 0.1) is 6.54 Å². The van der Waals surface area contributed by atoms with Crippen LogP contribution >= 0.6 is 0 Å². The SMILES string of the molecule is CC1(C)Cc2cccc(OCC(=O)N(Cc3ccccc3)C3=Nc4c(F)cccc4CC3)c2O1. The molecule has 0 spiro atoms. The van der Waals surface area contributed by atoms with E-state index in [9.17, 15) is 9.18 Å². The van der Waals surface area contributed by atoms with E-state index in [1.807, 2.05) is 68.4 Å². The highest BCUT2D eigenvalue weighted by molar-refractivity contribution is 6.00. The zero-order valence-electron chi connectivity index (χ0n) is 19.4. The van der Waals surface area contributed by atoms with Gasteiger partial charge in [-0.15, -0.1) is 0 Å². The molecule has 0 saturated carbocycles. The third-order valence-corrected chi connectivity index (χ3v) is 6.13. The van der Waals surface area contributed by atoms with Crippen molar-refractivity contribution >= 4 is 17.4 Å². The van der Waals surface area contributed by atoms with Gasteiger partial charge < -0.3 is 9.47 Å². The predicted molar refractivity (Wildman–Crippen MR) is 129 cm³/mol. The Bertz CT molecular complexity index is 1250. The number of carbonyl (C=O) groups is 1. The summed E-state index contributed by atoms with van der Waals surface area (Å²) in [7, 11) is 0. The molecule has 0 atom stereocenters. The number of ether oxygens (including phenoxy) is 2. The van der Waals surface area contributed by atoms with Crippen LogP contribution in [-0.2, 0) is 24.2 Å². The lowest BCUT2D eigenvalue weighted by Gasteiger charge is -2.27. The van der Waals surface area contributed by atoms with Crippen LogP contribution < -0.4 is 9.47 Å². The van der Waals surface area contributed by atoms with Crippen LogP contribution in [0.15, 0.2) is 71.7 Å². The normalized spacial score (nSPS) is 15.6. The molecule has 0 unspecified atom stereocenters. The number of aryl methyl sites for hydroxylation is 1. The summed E-state index contributed by atoms with van der Waals surface area (Å²) in [6, 6.07) is 20.4. The number of hydrogen-bond donors (Lipinski definition) is 0. The van der Waals surface area contributed by atoms with Gasteiger partial charge in [0.25, 0.3) is 5.91 Å². The topological polar surface area (TPSA) is 51.1 Å². The quantitative estimate of drug-likeness (QED) is 0.498. The number of halogens is 1. The van der Waals surface area contributed by atoms with Crippen LogP contribution in [0.1, 0.15) is 37.0 Å². The van der Waals surface area contributed by atoms with E-state index in [0.717, 1.165) is 23.1 Å². The molecule has 0 aromatic heterocycles. The van der Waals surface area contributed by atoms with E-state index in [1.165, 1.54) is 6.07 Å². The minimum atomic E-state index is -0.377. The van der Waals surface area contributed by atoms with Crippen LogP contribution in [0.25, 0.3) is 0 Å². The summed E-state index contributed by atoms with van der Waals surface area (Å²) in [6.07, 6.45) is 1.96. The van der Waals surface area contributed by atoms with Gasteiger partial charge in [0.15, 0.2) is 18.1 Å². The number of fused-ring (bicyclic) bond motifs is 2. The number of amidine groups is 1. The van der Waals surface area contributed by atoms with Crippen molar-refractivity contribution in [3.05, 3.63) is 89.2 Å². The molecule has 2 aliphatic heterocycles. The third kappa shape index (κ3) is 4.53. The van der Waals surface area contributed by atoms with E-state index in [2.05, 4.69) is 4.99 Å². The fourth-order valence-electron chi connectivity index (χ4n) is 4.52. The highest BCUT2D eigenvalue weighted by Crippen LogP contribution is 2.41. The van der Waals surface area contributed by atoms with Crippen molar-refractivity contribution in [3.63, 3.8) is 0 Å². The maximum atomic E-state index is 14.4. The molecule has 6 heteroatoms. The smallest absolute Gasteiger partial charge is 0.266 e. The molecule has 1 amide bonds. The highest BCUT2D eigenvalue weighted by atomic mass is 19.1. The molecule has 0 N–H and O–H groups in total. The van der Waals surface area contributed by atoms with Gasteiger partial charge in [-0.3, -0.25) is 9.69 Å². The average Bonchev–Trinajstić information content (AvgIpc) is 3.16. The number of carbonyl (C=O) groups excluding carboxylic acids is 1. The van der Waals surface area contributed by atoms with E-state index in [4.69, 9.17) is 9.47 Å². The molecule has 0 bridgehead atoms. The lowest BCUT2D eigenvalue weighted by atomic mass is 10.0. The summed E-state index contributed by atoms with van der Waals surface area (Å²) in [6.45, 7) is 4.22. The van der Waals surface area contributed by atoms with Crippen molar-refractivity contribution in [2.24, 2.45) is 4.99 Å². The van der Waals surface area contributed by atoms with E-state index < -0.39 is 0 Å². The Morgan fingerprint density at radius 1 is 1.03 bits per heavy atom. The van der Waals surface area contributed by atoms with Gasteiger partial charge in [0.2, 0.25) is 0 Å². The first kappa shape index (κ1) is 22.1. The molecule has 3 aromatic carbocycles. The van der Waals surface area contributed by atoms with Gasteiger partial charge in [0, 0.05) is 18.4 Å². The molecule has 2 heterocycles. The number of nitrogens with zero attached hydrogens (tertiary/aromatic N) is 2. The Morgan fingerprint density at radius 3 is 2.62 bits per heavy atom. The second-order valence-electron chi connectivity index (χ2n) is 9.31. The number of hydrogen-bond acceptors (Lipinski definition) is 4. The Balaban J connectivity index is 1.40. The third-order valence-electron chi connectivity index (χ3n) is 6.13. The number of benzene rings is 3. The maximum absolute atomic E-state index is 14.4. The standard InChI is InChI=1S/C28H27FN2O3/c1-28(2)16-21-11-7-13-23(27(21)34-28)33-18-25(32)31(17-19-8-4-3-5-9-19)24-15-14-20-10-6-12-22(29)26(20)30-24/h3-13H,14-18H2,1-2H3. The summed E-state index contributed by atoms with van der Waals surface area (Å²) in [5.41, 5.74) is 2.89. The molecule has 0 saturated heterocycles. The average molecular weight is 459 g/mol. The second kappa shape index (κ2) is 8.93. The van der Waals surface area contributed by atoms with E-state index >= 15 is 0 Å². The van der Waals surface area contributed by atoms with Crippen LogP contribution in [0.4, 0.5) is 10.1 Å². The van der Waals surface area contributed by atoms with Crippen molar-refractivity contribution in [2.45, 2.75) is 45.3 Å². The minimum absolute atomic E-state index is 0.170. The van der Waals surface area contributed by atoms with Gasteiger partial charge in [-0.2, -0.15) is 0 Å². The summed E-state index contributed by atoms with van der Waals surface area (Å²) in [5.74, 6) is 1.18. The Labute approximate surface area is 198 Å². The Hall–Kier alpha value is -3.67. The predicted octanol–water partition coefficient (Wildman–Crippen LogP) is 5.62. The summed E-state index contributed by atoms with van der Waals surface area (Å²) in [5, 5.41) is 0. The molecule has 0 radical (unpaired) electrons. The minimum Gasteiger partial charge on any atom is -0.483 e. The van der Waals surface area contributed by atoms with E-state index in [0.29, 0.717) is 42.4 Å². The molecule has 0 fully saturated rings. The number of amides is 1. The van der Waals surface area contributed by atoms with Crippen molar-refractivity contribution in [1.82, 2.24) is 4.90 Å². The zero-order valence-corrected chi connectivity index (χ0v) is 19.4. The molecule has 5 rings (SSSR count). The number of aliphatic imine (C=N–C) groups is 1. The van der Waals surface area contributed by atoms with E-state index in [-0.39, 0.29) is 23.9 Å². The number of rotatable bonds is 5. The Kier molecular flexibility index (Phi) is 5.82. The molecule has 2 aliphatic rings. The molecular weight excluding hydrogens is 431 g/mol. The summed E-state index contributed by atoms with van der Waals surface area (Å²) >= 11 is 0. The lowest BCUT2D eigenvalue weighted by Crippen LogP contribution is -2.40. The number of para-hydroxylation sites is 2. The molecule has 0 aliphatic carbocycles. The fourth-order valence-corrected chi connectivity index (χ4v) is 4.52. The summed E-state index contributed by atoms with van der Waals surface area (Å²) in [4.78, 5) is 19.6. The zero-order chi connectivity index (χ0) is 23.7. The van der Waals surface area contributed by atoms with Crippen molar-refractivity contribution in [3.8, 4) is 11.5 Å². The van der Waals surface area contributed by atoms with Crippen LogP contribution in [0.3, 0.4) is 0 Å². The van der Waals surface area contributed by atoms with Gasteiger partial charge in [-0.1, -0.05) is 54.6 Å². The Morgan fingerprint density at radius 2 is 1.79 bits per heavy atom. The van der Waals surface area contributed by atoms with Crippen molar-refractivity contribution in [2.75, 3.05) is 6.61 Å². The first-order valence-corrected chi connectivity index (χ1v) is 11.5. The molecule has 5 nitrogen and oxygen atoms in total. The monoisotopic (exact) mass is 458 g/mol. The maximum Gasteiger partial charge on any atom is 0.266 e. The van der Waals surface area contributed by atoms with Crippen LogP contribution in [0.5, 0.6) is 11.5 Å². The van der Waals surface area contributed by atoms with Gasteiger partial charge in [0.1, 0.15) is 22.9 Å². The molecule has 3 aromatic rings. The lowest BCUT2D eigenvalue weighted by molar-refractivity contribution is -0.130. The van der Waals surface area contributed by atoms with Crippen LogP contribution in [-0.4, -0.2) is 28.9 Å². The van der Waals surface area contributed by atoms with Crippen molar-refractivity contribution in [1.29, 1.82) is 0 Å². The first-order valence-electron chi connectivity index (χ1n) is 11.5. The van der Waals surface area contributed by atoms with Gasteiger partial charge in [-0.05, 0) is 43.5 Å². The summed E-state index contributed by atoms with van der Waals surface area (Å²) < 4.78 is 26.5. The second-order valence-corrected chi connectivity index (χ2v) is 9.31. The van der Waals surface area contributed by atoms with Crippen LogP contribution in [0.2, 0.25) is 0 Å². The van der Waals surface area contributed by atoms with Crippen LogP contribution in [0, 0.1) is 5.82 Å². The van der Waals surface area contributed by atoms with Gasteiger partial charge in [-0.25, -0.2) is 9.38 Å².